The highest BCUT2D eigenvalue weighted by atomic mass is 79.9. The smallest absolute Gasteiger partial charge is 0.410 e. The first-order chi connectivity index (χ1) is 11.2. The van der Waals surface area contributed by atoms with E-state index in [4.69, 9.17) is 4.74 Å². The molecule has 0 unspecified atom stereocenters. The minimum absolute atomic E-state index is 0.197. The molecule has 0 aliphatic carbocycles. The Kier molecular flexibility index (Phi) is 4.65. The van der Waals surface area contributed by atoms with Crippen molar-refractivity contribution in [2.45, 2.75) is 52.2 Å². The Bertz CT molecular complexity index is 753. The maximum absolute atomic E-state index is 12.2. The number of benzene rings is 1. The van der Waals surface area contributed by atoms with E-state index >= 15 is 0 Å². The molecule has 4 nitrogen and oxygen atoms in total. The van der Waals surface area contributed by atoms with Crippen molar-refractivity contribution in [1.82, 2.24) is 9.47 Å². The molecule has 2 aromatic rings. The number of amides is 1. The van der Waals surface area contributed by atoms with Gasteiger partial charge in [-0.3, -0.25) is 0 Å². The van der Waals surface area contributed by atoms with Gasteiger partial charge in [0.15, 0.2) is 0 Å². The molecule has 3 rings (SSSR count). The highest BCUT2D eigenvalue weighted by Crippen LogP contribution is 2.32. The Morgan fingerprint density at radius 1 is 1.25 bits per heavy atom. The predicted molar refractivity (Wildman–Crippen MR) is 100 cm³/mol. The fourth-order valence-electron chi connectivity index (χ4n) is 3.32. The second-order valence-electron chi connectivity index (χ2n) is 7.60. The lowest BCUT2D eigenvalue weighted by molar-refractivity contribution is 0.0190. The van der Waals surface area contributed by atoms with Crippen LogP contribution in [0.2, 0.25) is 0 Å². The molecule has 1 fully saturated rings. The van der Waals surface area contributed by atoms with Gasteiger partial charge in [-0.25, -0.2) is 4.79 Å². The maximum atomic E-state index is 12.2. The number of halogens is 1. The second kappa shape index (κ2) is 6.43. The third-order valence-electron chi connectivity index (χ3n) is 4.44. The number of aryl methyl sites for hydroxylation is 1. The molecule has 1 aromatic heterocycles. The molecule has 0 bridgehead atoms. The highest BCUT2D eigenvalue weighted by molar-refractivity contribution is 9.10. The molecule has 1 amide bonds. The summed E-state index contributed by atoms with van der Waals surface area (Å²) >= 11 is 3.66. The number of carbonyl (C=O) groups is 1. The van der Waals surface area contributed by atoms with Crippen LogP contribution in [0.25, 0.3) is 10.9 Å². The SMILES string of the molecule is Cc1cc(Br)c2ccn(C3CCN(C(=O)OC(C)(C)C)CC3)c2c1. The summed E-state index contributed by atoms with van der Waals surface area (Å²) in [6.07, 6.45) is 3.88. The first kappa shape index (κ1) is 17.3. The van der Waals surface area contributed by atoms with Gasteiger partial charge in [0.1, 0.15) is 5.60 Å². The Morgan fingerprint density at radius 2 is 1.92 bits per heavy atom. The fraction of sp³-hybridized carbons (Fsp3) is 0.526. The van der Waals surface area contributed by atoms with Crippen molar-refractivity contribution in [2.75, 3.05) is 13.1 Å². The van der Waals surface area contributed by atoms with Gasteiger partial charge >= 0.3 is 6.09 Å². The molecule has 0 atom stereocenters. The number of carbonyl (C=O) groups excluding carboxylic acids is 1. The highest BCUT2D eigenvalue weighted by Gasteiger charge is 2.27. The van der Waals surface area contributed by atoms with Crippen molar-refractivity contribution in [2.24, 2.45) is 0 Å². The summed E-state index contributed by atoms with van der Waals surface area (Å²) in [7, 11) is 0. The number of likely N-dealkylation sites (tertiary alicyclic amines) is 1. The summed E-state index contributed by atoms with van der Waals surface area (Å²) in [4.78, 5) is 14.0. The van der Waals surface area contributed by atoms with Gasteiger partial charge < -0.3 is 14.2 Å². The van der Waals surface area contributed by atoms with E-state index in [9.17, 15) is 4.79 Å². The van der Waals surface area contributed by atoms with E-state index in [-0.39, 0.29) is 6.09 Å². The quantitative estimate of drug-likeness (QED) is 0.660. The molecule has 1 aliphatic heterocycles. The van der Waals surface area contributed by atoms with Gasteiger partial charge in [0.25, 0.3) is 0 Å². The maximum Gasteiger partial charge on any atom is 0.410 e. The molecule has 5 heteroatoms. The van der Waals surface area contributed by atoms with Gasteiger partial charge in [-0.1, -0.05) is 15.9 Å². The minimum atomic E-state index is -0.436. The van der Waals surface area contributed by atoms with Gasteiger partial charge in [-0.15, -0.1) is 0 Å². The number of hydrogen-bond acceptors (Lipinski definition) is 2. The Balaban J connectivity index is 1.72. The Morgan fingerprint density at radius 3 is 2.54 bits per heavy atom. The second-order valence-corrected chi connectivity index (χ2v) is 8.46. The van der Waals surface area contributed by atoms with E-state index in [2.05, 4.69) is 51.8 Å². The van der Waals surface area contributed by atoms with E-state index in [1.165, 1.54) is 16.5 Å². The van der Waals surface area contributed by atoms with Gasteiger partial charge in [-0.2, -0.15) is 0 Å². The third-order valence-corrected chi connectivity index (χ3v) is 5.10. The molecule has 0 N–H and O–H groups in total. The summed E-state index contributed by atoms with van der Waals surface area (Å²) in [6.45, 7) is 9.32. The zero-order valence-corrected chi connectivity index (χ0v) is 16.4. The van der Waals surface area contributed by atoms with E-state index in [1.54, 1.807) is 0 Å². The zero-order valence-electron chi connectivity index (χ0n) is 14.8. The molecule has 2 heterocycles. The minimum Gasteiger partial charge on any atom is -0.444 e. The van der Waals surface area contributed by atoms with Crippen molar-refractivity contribution in [1.29, 1.82) is 0 Å². The van der Waals surface area contributed by atoms with Crippen LogP contribution in [0.15, 0.2) is 28.9 Å². The first-order valence-electron chi connectivity index (χ1n) is 8.49. The molecule has 0 saturated carbocycles. The van der Waals surface area contributed by atoms with Crippen LogP contribution in [0.1, 0.15) is 45.2 Å². The van der Waals surface area contributed by atoms with Crippen molar-refractivity contribution < 1.29 is 9.53 Å². The van der Waals surface area contributed by atoms with E-state index in [1.807, 2.05) is 25.7 Å². The van der Waals surface area contributed by atoms with Crippen molar-refractivity contribution in [3.8, 4) is 0 Å². The lowest BCUT2D eigenvalue weighted by Gasteiger charge is -2.34. The number of fused-ring (bicyclic) bond motifs is 1. The standard InChI is InChI=1S/C19H25BrN2O2/c1-13-11-16(20)15-7-10-22(17(15)12-13)14-5-8-21(9-6-14)18(23)24-19(2,3)4/h7,10-12,14H,5-6,8-9H2,1-4H3. The van der Waals surface area contributed by atoms with Crippen molar-refractivity contribution in [3.05, 3.63) is 34.4 Å². The number of nitrogens with zero attached hydrogens (tertiary/aromatic N) is 2. The van der Waals surface area contributed by atoms with E-state index in [0.717, 1.165) is 30.4 Å². The molecule has 130 valence electrons. The molecule has 24 heavy (non-hydrogen) atoms. The van der Waals surface area contributed by atoms with Crippen LogP contribution in [0.4, 0.5) is 4.79 Å². The van der Waals surface area contributed by atoms with Gasteiger partial charge in [-0.05, 0) is 64.3 Å². The Labute approximate surface area is 151 Å². The normalized spacial score (nSPS) is 16.6. The molecule has 0 radical (unpaired) electrons. The monoisotopic (exact) mass is 392 g/mol. The average Bonchev–Trinajstić information content (AvgIpc) is 2.89. The molecular weight excluding hydrogens is 368 g/mol. The third kappa shape index (κ3) is 3.61. The summed E-state index contributed by atoms with van der Waals surface area (Å²) in [5, 5.41) is 1.25. The lowest BCUT2D eigenvalue weighted by Crippen LogP contribution is -2.42. The molecular formula is C19H25BrN2O2. The number of piperidine rings is 1. The van der Waals surface area contributed by atoms with Gasteiger partial charge in [0.05, 0.1) is 0 Å². The first-order valence-corrected chi connectivity index (χ1v) is 9.28. The summed E-state index contributed by atoms with van der Waals surface area (Å²) in [5.74, 6) is 0. The molecule has 0 spiro atoms. The zero-order chi connectivity index (χ0) is 17.5. The number of aromatic nitrogens is 1. The lowest BCUT2D eigenvalue weighted by atomic mass is 10.0. The topological polar surface area (TPSA) is 34.5 Å². The number of rotatable bonds is 1. The largest absolute Gasteiger partial charge is 0.444 e. The fourth-order valence-corrected chi connectivity index (χ4v) is 4.02. The predicted octanol–water partition coefficient (Wildman–Crippen LogP) is 5.28. The van der Waals surface area contributed by atoms with Crippen LogP contribution < -0.4 is 0 Å². The van der Waals surface area contributed by atoms with Crippen LogP contribution in [0, 0.1) is 6.92 Å². The summed E-state index contributed by atoms with van der Waals surface area (Å²) in [6, 6.07) is 6.98. The number of hydrogen-bond donors (Lipinski definition) is 0. The molecule has 1 saturated heterocycles. The average molecular weight is 393 g/mol. The van der Waals surface area contributed by atoms with Crippen LogP contribution in [0.5, 0.6) is 0 Å². The Hall–Kier alpha value is -1.49. The van der Waals surface area contributed by atoms with E-state index in [0.29, 0.717) is 6.04 Å². The van der Waals surface area contributed by atoms with Crippen molar-refractivity contribution in [3.63, 3.8) is 0 Å². The van der Waals surface area contributed by atoms with Crippen molar-refractivity contribution >= 4 is 32.9 Å². The van der Waals surface area contributed by atoms with Gasteiger partial charge in [0, 0.05) is 40.7 Å². The molecule has 1 aliphatic rings. The van der Waals surface area contributed by atoms with Crippen LogP contribution in [-0.2, 0) is 4.74 Å². The van der Waals surface area contributed by atoms with Crippen LogP contribution in [0.3, 0.4) is 0 Å². The number of ether oxygens (including phenoxy) is 1. The van der Waals surface area contributed by atoms with E-state index < -0.39 is 5.60 Å². The molecule has 1 aromatic carbocycles. The van der Waals surface area contributed by atoms with Gasteiger partial charge in [0.2, 0.25) is 0 Å². The van der Waals surface area contributed by atoms with Crippen LogP contribution in [-0.4, -0.2) is 34.3 Å². The summed E-state index contributed by atoms with van der Waals surface area (Å²) in [5.41, 5.74) is 2.08. The van der Waals surface area contributed by atoms with Crippen LogP contribution >= 0.6 is 15.9 Å². The summed E-state index contributed by atoms with van der Waals surface area (Å²) < 4.78 is 8.98.